The van der Waals surface area contributed by atoms with Crippen molar-refractivity contribution in [3.63, 3.8) is 0 Å². The topological polar surface area (TPSA) is 107 Å². The molecule has 2 saturated carbocycles. The van der Waals surface area contributed by atoms with Crippen LogP contribution in [0.5, 0.6) is 0 Å². The molecule has 0 unspecified atom stereocenters. The van der Waals surface area contributed by atoms with Gasteiger partial charge in [-0.2, -0.15) is 0 Å². The summed E-state index contributed by atoms with van der Waals surface area (Å²) in [4.78, 5) is 48.3. The minimum atomic E-state index is -1.96. The predicted molar refractivity (Wildman–Crippen MR) is 114 cm³/mol. The summed E-state index contributed by atoms with van der Waals surface area (Å²) >= 11 is 0. The summed E-state index contributed by atoms with van der Waals surface area (Å²) in [6.07, 6.45) is 8.66. The molecule has 32 heavy (non-hydrogen) atoms. The highest BCUT2D eigenvalue weighted by molar-refractivity contribution is 6.01. The van der Waals surface area contributed by atoms with Gasteiger partial charge < -0.3 is 14.6 Å². The van der Waals surface area contributed by atoms with Crippen LogP contribution in [-0.2, 0) is 28.7 Å². The second-order valence-electron chi connectivity index (χ2n) is 9.94. The number of carbonyl (C=O) groups excluding carboxylic acids is 4. The van der Waals surface area contributed by atoms with Gasteiger partial charge in [0, 0.05) is 24.7 Å². The number of esters is 2. The maximum absolute atomic E-state index is 13.2. The predicted octanol–water partition coefficient (Wildman–Crippen LogP) is 2.62. The van der Waals surface area contributed by atoms with Gasteiger partial charge in [-0.1, -0.05) is 30.2 Å². The van der Waals surface area contributed by atoms with Gasteiger partial charge in [-0.05, 0) is 56.6 Å². The highest BCUT2D eigenvalue weighted by atomic mass is 16.6. The molecule has 4 aliphatic rings. The van der Waals surface area contributed by atoms with E-state index < -0.39 is 41.4 Å². The lowest BCUT2D eigenvalue weighted by atomic mass is 9.51. The second-order valence-corrected chi connectivity index (χ2v) is 9.94. The Kier molecular flexibility index (Phi) is 5.31. The summed E-state index contributed by atoms with van der Waals surface area (Å²) in [6.45, 7) is 5.87. The van der Waals surface area contributed by atoms with Crippen molar-refractivity contribution in [1.82, 2.24) is 0 Å². The first-order valence-corrected chi connectivity index (χ1v) is 11.1. The van der Waals surface area contributed by atoms with Gasteiger partial charge in [-0.15, -0.1) is 0 Å². The molecule has 0 spiro atoms. The summed E-state index contributed by atoms with van der Waals surface area (Å²) in [5.41, 5.74) is -0.927. The Labute approximate surface area is 187 Å². The Morgan fingerprint density at radius 3 is 2.56 bits per heavy atom. The molecule has 0 bridgehead atoms. The van der Waals surface area contributed by atoms with Crippen LogP contribution in [-0.4, -0.2) is 46.9 Å². The smallest absolute Gasteiger partial charge is 0.303 e. The maximum Gasteiger partial charge on any atom is 0.303 e. The van der Waals surface area contributed by atoms with E-state index in [0.717, 1.165) is 18.4 Å². The fourth-order valence-electron chi connectivity index (χ4n) is 6.63. The Morgan fingerprint density at radius 2 is 1.91 bits per heavy atom. The average molecular weight is 443 g/mol. The third-order valence-electron chi connectivity index (χ3n) is 8.28. The Hall–Kier alpha value is -2.54. The van der Waals surface area contributed by atoms with E-state index in [1.807, 2.05) is 13.0 Å². The first kappa shape index (κ1) is 22.6. The lowest BCUT2D eigenvalue weighted by molar-refractivity contribution is -0.184. The van der Waals surface area contributed by atoms with E-state index in [1.165, 1.54) is 19.4 Å². The van der Waals surface area contributed by atoms with Crippen LogP contribution in [0.2, 0.25) is 0 Å². The zero-order valence-electron chi connectivity index (χ0n) is 19.0. The van der Waals surface area contributed by atoms with Gasteiger partial charge in [-0.3, -0.25) is 19.2 Å². The van der Waals surface area contributed by atoms with E-state index in [-0.39, 0.29) is 23.0 Å². The quantitative estimate of drug-likeness (QED) is 0.527. The molecule has 0 aromatic rings. The van der Waals surface area contributed by atoms with Crippen molar-refractivity contribution in [3.8, 4) is 0 Å². The van der Waals surface area contributed by atoms with E-state index in [9.17, 15) is 24.3 Å². The van der Waals surface area contributed by atoms with Crippen molar-refractivity contribution in [1.29, 1.82) is 0 Å². The molecule has 172 valence electrons. The van der Waals surface area contributed by atoms with Crippen LogP contribution < -0.4 is 0 Å². The van der Waals surface area contributed by atoms with Crippen LogP contribution in [0.3, 0.4) is 0 Å². The molecule has 2 fully saturated rings. The first-order chi connectivity index (χ1) is 14.9. The molecule has 0 aromatic heterocycles. The number of ether oxygens (including phenoxy) is 2. The molecule has 1 N–H and O–H groups in total. The number of rotatable bonds is 4. The molecule has 0 aliphatic heterocycles. The van der Waals surface area contributed by atoms with Crippen LogP contribution >= 0.6 is 0 Å². The number of Topliss-reactive ketones (excluding diaryl/α,β-unsaturated/α-hetero) is 1. The molecule has 4 aliphatic carbocycles. The minimum absolute atomic E-state index is 0.00148. The Balaban J connectivity index is 1.75. The van der Waals surface area contributed by atoms with E-state index in [0.29, 0.717) is 12.8 Å². The second kappa shape index (κ2) is 7.51. The van der Waals surface area contributed by atoms with Crippen LogP contribution in [0.25, 0.3) is 0 Å². The fourth-order valence-corrected chi connectivity index (χ4v) is 6.63. The van der Waals surface area contributed by atoms with Crippen molar-refractivity contribution in [2.24, 2.45) is 22.7 Å². The van der Waals surface area contributed by atoms with Gasteiger partial charge in [0.2, 0.25) is 5.78 Å². The molecule has 6 atom stereocenters. The first-order valence-electron chi connectivity index (χ1n) is 11.1. The molecule has 0 heterocycles. The number of hydrogen-bond donors (Lipinski definition) is 1. The average Bonchev–Trinajstić information content (AvgIpc) is 2.94. The third kappa shape index (κ3) is 3.12. The standard InChI is InChI=1S/C25H30O7/c1-14(26)31-13-21(29)25(30)22(32-15(2)27)12-20-18-6-5-16-11-17(28)7-9-23(16,3)19(18)8-10-24(20,25)4/h7-9,11,18,20,22,30H,5-6,10,12-13H2,1-4H3/t18-,20+,22-,23+,24+,25-/m1/s1. The molecule has 0 radical (unpaired) electrons. The molecule has 4 rings (SSSR count). The minimum Gasteiger partial charge on any atom is -0.459 e. The number of aliphatic hydroxyl groups is 1. The molecule has 0 aromatic carbocycles. The largest absolute Gasteiger partial charge is 0.459 e. The summed E-state index contributed by atoms with van der Waals surface area (Å²) < 4.78 is 10.4. The van der Waals surface area contributed by atoms with Gasteiger partial charge in [0.15, 0.2) is 18.0 Å². The zero-order chi connectivity index (χ0) is 23.5. The van der Waals surface area contributed by atoms with Crippen molar-refractivity contribution >= 4 is 23.5 Å². The summed E-state index contributed by atoms with van der Waals surface area (Å²) in [6, 6.07) is 0. The number of allylic oxidation sites excluding steroid dienone is 6. The summed E-state index contributed by atoms with van der Waals surface area (Å²) in [7, 11) is 0. The lowest BCUT2D eigenvalue weighted by Crippen LogP contribution is -2.60. The van der Waals surface area contributed by atoms with E-state index in [4.69, 9.17) is 9.47 Å². The lowest BCUT2D eigenvalue weighted by Gasteiger charge is -2.53. The summed E-state index contributed by atoms with van der Waals surface area (Å²) in [5.74, 6) is -1.87. The normalized spacial score (nSPS) is 39.8. The highest BCUT2D eigenvalue weighted by Gasteiger charge is 2.70. The fraction of sp³-hybridized carbons (Fsp3) is 0.600. The maximum atomic E-state index is 13.2. The molecular formula is C25H30O7. The van der Waals surface area contributed by atoms with Gasteiger partial charge in [0.25, 0.3) is 0 Å². The van der Waals surface area contributed by atoms with E-state index >= 15 is 0 Å². The Morgan fingerprint density at radius 1 is 1.19 bits per heavy atom. The van der Waals surface area contributed by atoms with Crippen molar-refractivity contribution < 1.29 is 33.8 Å². The van der Waals surface area contributed by atoms with Crippen molar-refractivity contribution in [3.05, 3.63) is 35.5 Å². The van der Waals surface area contributed by atoms with E-state index in [2.05, 4.69) is 13.0 Å². The van der Waals surface area contributed by atoms with Crippen molar-refractivity contribution in [2.45, 2.75) is 65.1 Å². The van der Waals surface area contributed by atoms with Gasteiger partial charge in [0.1, 0.15) is 6.10 Å². The Bertz CT molecular complexity index is 988. The highest BCUT2D eigenvalue weighted by Crippen LogP contribution is 2.65. The number of hydrogen-bond acceptors (Lipinski definition) is 7. The number of carbonyl (C=O) groups is 4. The van der Waals surface area contributed by atoms with E-state index in [1.54, 1.807) is 12.2 Å². The summed E-state index contributed by atoms with van der Waals surface area (Å²) in [5, 5.41) is 11.8. The van der Waals surface area contributed by atoms with Gasteiger partial charge >= 0.3 is 11.9 Å². The number of fused-ring (bicyclic) bond motifs is 5. The van der Waals surface area contributed by atoms with Crippen LogP contribution in [0.15, 0.2) is 35.5 Å². The van der Waals surface area contributed by atoms with Crippen LogP contribution in [0.4, 0.5) is 0 Å². The third-order valence-corrected chi connectivity index (χ3v) is 8.28. The van der Waals surface area contributed by atoms with Crippen molar-refractivity contribution in [2.75, 3.05) is 6.61 Å². The molecule has 7 nitrogen and oxygen atoms in total. The molecule has 0 amide bonds. The number of ketones is 2. The monoisotopic (exact) mass is 442 g/mol. The molecule has 0 saturated heterocycles. The van der Waals surface area contributed by atoms with Gasteiger partial charge in [0.05, 0.1) is 0 Å². The molecule has 7 heteroatoms. The zero-order valence-corrected chi connectivity index (χ0v) is 19.0. The van der Waals surface area contributed by atoms with Gasteiger partial charge in [-0.25, -0.2) is 0 Å². The van der Waals surface area contributed by atoms with Crippen LogP contribution in [0, 0.1) is 22.7 Å². The SMILES string of the molecule is CC(=O)OCC(=O)[C@@]1(O)[C@H](OC(C)=O)C[C@H]2[C@@H]3CCC4=CC(=O)C=C[C@]4(C)C3=CC[C@@]21C. The van der Waals surface area contributed by atoms with Crippen LogP contribution in [0.1, 0.15) is 53.4 Å². The molecular weight excluding hydrogens is 412 g/mol.